The fraction of sp³-hybridized carbons (Fsp3) is 0.633. The molecule has 1 aromatic heterocycles. The van der Waals surface area contributed by atoms with E-state index in [2.05, 4.69) is 4.98 Å². The van der Waals surface area contributed by atoms with E-state index >= 15 is 0 Å². The number of ether oxygens (including phenoxy) is 1. The quantitative estimate of drug-likeness (QED) is 0.446. The summed E-state index contributed by atoms with van der Waals surface area (Å²) in [5.41, 5.74) is 1.32. The highest BCUT2D eigenvalue weighted by atomic mass is 19.4. The highest BCUT2D eigenvalue weighted by molar-refractivity contribution is 5.63. The van der Waals surface area contributed by atoms with Crippen LogP contribution in [0.3, 0.4) is 0 Å². The van der Waals surface area contributed by atoms with Crippen molar-refractivity contribution in [2.75, 3.05) is 45.9 Å². The van der Waals surface area contributed by atoms with Gasteiger partial charge in [0.2, 0.25) is 5.88 Å². The second-order valence-electron chi connectivity index (χ2n) is 11.7. The lowest BCUT2D eigenvalue weighted by molar-refractivity contribution is -0.256. The molecule has 0 spiro atoms. The Labute approximate surface area is 228 Å². The third kappa shape index (κ3) is 6.59. The van der Waals surface area contributed by atoms with Crippen molar-refractivity contribution in [1.82, 2.24) is 14.8 Å². The molecular weight excluding hydrogens is 507 g/mol. The Morgan fingerprint density at radius 2 is 1.56 bits per heavy atom. The van der Waals surface area contributed by atoms with Gasteiger partial charge in [0.25, 0.3) is 0 Å². The largest absolute Gasteiger partial charge is 0.477 e. The van der Waals surface area contributed by atoms with Crippen molar-refractivity contribution >= 4 is 0 Å². The Balaban J connectivity index is 1.07. The van der Waals surface area contributed by atoms with Crippen LogP contribution in [0.1, 0.15) is 56.7 Å². The second-order valence-corrected chi connectivity index (χ2v) is 11.7. The van der Waals surface area contributed by atoms with E-state index in [0.717, 1.165) is 55.5 Å². The van der Waals surface area contributed by atoms with Gasteiger partial charge in [-0.1, -0.05) is 30.7 Å². The standard InChI is InChI=1S/C30H40F3N3O3/c31-30(32,33)29(12-1-13-29)21-35-14-8-23(9-15-35)20-39-27-7-6-26(18-34-27)24-2-4-25(5-3-24)28(38)36-16-10-22(19-37)11-17-36/h2-7,18,22-23,28,37-38H,1,8-17,19-21H2. The van der Waals surface area contributed by atoms with Gasteiger partial charge in [-0.3, -0.25) is 4.90 Å². The van der Waals surface area contributed by atoms with Gasteiger partial charge in [-0.05, 0) is 80.6 Å². The van der Waals surface area contributed by atoms with E-state index in [9.17, 15) is 23.4 Å². The number of hydrogen-bond donors (Lipinski definition) is 2. The molecule has 3 heterocycles. The normalized spacial score (nSPS) is 22.4. The van der Waals surface area contributed by atoms with E-state index < -0.39 is 17.8 Å². The van der Waals surface area contributed by atoms with Crippen molar-refractivity contribution in [3.8, 4) is 17.0 Å². The molecule has 1 aliphatic carbocycles. The van der Waals surface area contributed by atoms with E-state index in [1.807, 2.05) is 46.2 Å². The maximum Gasteiger partial charge on any atom is 0.395 e. The molecule has 1 saturated carbocycles. The number of likely N-dealkylation sites (tertiary alicyclic amines) is 2. The molecule has 0 amide bonds. The molecule has 0 bridgehead atoms. The molecule has 1 unspecified atom stereocenters. The zero-order valence-corrected chi connectivity index (χ0v) is 22.5. The van der Waals surface area contributed by atoms with Crippen LogP contribution in [0.4, 0.5) is 13.2 Å². The molecule has 2 aromatic rings. The van der Waals surface area contributed by atoms with E-state index in [0.29, 0.717) is 43.8 Å². The van der Waals surface area contributed by atoms with Gasteiger partial charge in [0, 0.05) is 44.1 Å². The maximum absolute atomic E-state index is 13.5. The Morgan fingerprint density at radius 3 is 2.10 bits per heavy atom. The zero-order chi connectivity index (χ0) is 27.5. The number of aliphatic hydroxyl groups is 2. The van der Waals surface area contributed by atoms with Crippen LogP contribution in [0.5, 0.6) is 5.88 Å². The number of alkyl halides is 3. The first-order valence-corrected chi connectivity index (χ1v) is 14.3. The summed E-state index contributed by atoms with van der Waals surface area (Å²) < 4.78 is 46.4. The molecule has 2 saturated heterocycles. The topological polar surface area (TPSA) is 69.1 Å². The number of halogens is 3. The van der Waals surface area contributed by atoms with Crippen molar-refractivity contribution in [2.24, 2.45) is 17.3 Å². The fourth-order valence-electron chi connectivity index (χ4n) is 6.15. The number of hydrogen-bond acceptors (Lipinski definition) is 6. The van der Waals surface area contributed by atoms with Crippen molar-refractivity contribution in [2.45, 2.75) is 57.3 Å². The summed E-state index contributed by atoms with van der Waals surface area (Å²) in [5.74, 6) is 1.20. The van der Waals surface area contributed by atoms with Gasteiger partial charge in [0.05, 0.1) is 12.0 Å². The van der Waals surface area contributed by atoms with Crippen LogP contribution in [-0.4, -0.2) is 77.1 Å². The van der Waals surface area contributed by atoms with Gasteiger partial charge < -0.3 is 19.8 Å². The minimum Gasteiger partial charge on any atom is -0.477 e. The molecule has 0 radical (unpaired) electrons. The molecule has 39 heavy (non-hydrogen) atoms. The molecule has 2 N–H and O–H groups in total. The first kappa shape index (κ1) is 28.3. The summed E-state index contributed by atoms with van der Waals surface area (Å²) in [7, 11) is 0. The van der Waals surface area contributed by atoms with Gasteiger partial charge in [-0.15, -0.1) is 0 Å². The fourth-order valence-corrected chi connectivity index (χ4v) is 6.15. The number of nitrogens with zero attached hydrogens (tertiary/aromatic N) is 3. The zero-order valence-electron chi connectivity index (χ0n) is 22.5. The Bertz CT molecular complexity index is 1040. The van der Waals surface area contributed by atoms with Gasteiger partial charge in [-0.25, -0.2) is 4.98 Å². The summed E-state index contributed by atoms with van der Waals surface area (Å²) in [4.78, 5) is 8.49. The second kappa shape index (κ2) is 12.1. The third-order valence-corrected chi connectivity index (χ3v) is 9.14. The van der Waals surface area contributed by atoms with Crippen molar-refractivity contribution in [3.63, 3.8) is 0 Å². The van der Waals surface area contributed by atoms with Gasteiger partial charge in [0.1, 0.15) is 6.23 Å². The van der Waals surface area contributed by atoms with Crippen molar-refractivity contribution in [1.29, 1.82) is 0 Å². The maximum atomic E-state index is 13.5. The molecule has 214 valence electrons. The Kier molecular flexibility index (Phi) is 8.81. The van der Waals surface area contributed by atoms with E-state index in [4.69, 9.17) is 4.74 Å². The van der Waals surface area contributed by atoms with Gasteiger partial charge in [-0.2, -0.15) is 13.2 Å². The number of pyridine rings is 1. The molecule has 6 nitrogen and oxygen atoms in total. The van der Waals surface area contributed by atoms with E-state index in [1.54, 1.807) is 6.20 Å². The van der Waals surface area contributed by atoms with Crippen LogP contribution >= 0.6 is 0 Å². The van der Waals surface area contributed by atoms with Crippen LogP contribution in [0.15, 0.2) is 42.6 Å². The lowest BCUT2D eigenvalue weighted by Gasteiger charge is -2.47. The first-order chi connectivity index (χ1) is 18.8. The molecule has 1 atom stereocenters. The molecule has 1 aromatic carbocycles. The van der Waals surface area contributed by atoms with Crippen molar-refractivity contribution < 1.29 is 28.1 Å². The van der Waals surface area contributed by atoms with E-state index in [-0.39, 0.29) is 26.0 Å². The third-order valence-electron chi connectivity index (χ3n) is 9.14. The predicted octanol–water partition coefficient (Wildman–Crippen LogP) is 5.27. The smallest absolute Gasteiger partial charge is 0.395 e. The highest BCUT2D eigenvalue weighted by Gasteiger charge is 2.58. The summed E-state index contributed by atoms with van der Waals surface area (Å²) >= 11 is 0. The lowest BCUT2D eigenvalue weighted by atomic mass is 9.67. The number of benzene rings is 1. The van der Waals surface area contributed by atoms with Gasteiger partial charge >= 0.3 is 6.18 Å². The predicted molar refractivity (Wildman–Crippen MR) is 143 cm³/mol. The number of rotatable bonds is 9. The molecular formula is C30H40F3N3O3. The number of piperidine rings is 2. The van der Waals surface area contributed by atoms with Crippen molar-refractivity contribution in [3.05, 3.63) is 48.2 Å². The van der Waals surface area contributed by atoms with Crippen LogP contribution in [0.25, 0.3) is 11.1 Å². The van der Waals surface area contributed by atoms with Crippen LogP contribution in [0, 0.1) is 17.3 Å². The molecule has 3 aliphatic rings. The Morgan fingerprint density at radius 1 is 0.923 bits per heavy atom. The summed E-state index contributed by atoms with van der Waals surface area (Å²) in [5, 5.41) is 20.1. The number of aromatic nitrogens is 1. The monoisotopic (exact) mass is 547 g/mol. The minimum atomic E-state index is -4.11. The Hall–Kier alpha value is -2.20. The van der Waals surface area contributed by atoms with Crippen LogP contribution in [-0.2, 0) is 0 Å². The number of aliphatic hydroxyl groups excluding tert-OH is 2. The van der Waals surface area contributed by atoms with Gasteiger partial charge in [0.15, 0.2) is 0 Å². The molecule has 3 fully saturated rings. The lowest BCUT2D eigenvalue weighted by Crippen LogP contribution is -2.53. The molecule has 9 heteroatoms. The first-order valence-electron chi connectivity index (χ1n) is 14.3. The summed E-state index contributed by atoms with van der Waals surface area (Å²) in [6, 6.07) is 11.7. The summed E-state index contributed by atoms with van der Waals surface area (Å²) in [6.07, 6.45) is 1.69. The average Bonchev–Trinajstić information content (AvgIpc) is 2.94. The summed E-state index contributed by atoms with van der Waals surface area (Å²) in [6.45, 7) is 3.79. The molecule has 5 rings (SSSR count). The average molecular weight is 548 g/mol. The minimum absolute atomic E-state index is 0.135. The molecule has 2 aliphatic heterocycles. The van der Waals surface area contributed by atoms with Crippen LogP contribution < -0.4 is 4.74 Å². The van der Waals surface area contributed by atoms with Crippen LogP contribution in [0.2, 0.25) is 0 Å². The van der Waals surface area contributed by atoms with E-state index in [1.165, 1.54) is 0 Å². The highest BCUT2D eigenvalue weighted by Crippen LogP contribution is 2.53. The SMILES string of the molecule is OCC1CCN(C(O)c2ccc(-c3ccc(OCC4CCN(CC5(C(F)(F)F)CCC5)CC4)nc3)cc2)CC1.